The number of imidazole rings is 1. The summed E-state index contributed by atoms with van der Waals surface area (Å²) in [6, 6.07) is 4.71. The highest BCUT2D eigenvalue weighted by Gasteiger charge is 2.30. The molecule has 2 aromatic rings. The number of halogens is 3. The van der Waals surface area contributed by atoms with Gasteiger partial charge in [0.2, 0.25) is 0 Å². The van der Waals surface area contributed by atoms with E-state index in [0.717, 1.165) is 12.1 Å². The highest BCUT2D eigenvalue weighted by Crippen LogP contribution is 2.31. The van der Waals surface area contributed by atoms with E-state index in [1.807, 2.05) is 0 Å². The van der Waals surface area contributed by atoms with E-state index in [-0.39, 0.29) is 23.6 Å². The first-order valence-electron chi connectivity index (χ1n) is 6.29. The molecule has 0 saturated heterocycles. The van der Waals surface area contributed by atoms with Gasteiger partial charge in [-0.05, 0) is 19.1 Å². The Hall–Kier alpha value is -2.75. The quantitative estimate of drug-likeness (QED) is 0.857. The lowest BCUT2D eigenvalue weighted by molar-refractivity contribution is -0.137. The minimum atomic E-state index is -4.44. The lowest BCUT2D eigenvalue weighted by Crippen LogP contribution is -2.24. The maximum atomic E-state index is 12.7. The monoisotopic (exact) mass is 307 g/mol. The largest absolute Gasteiger partial charge is 0.416 e. The maximum Gasteiger partial charge on any atom is 0.416 e. The van der Waals surface area contributed by atoms with Crippen molar-refractivity contribution in [2.45, 2.75) is 13.1 Å². The van der Waals surface area contributed by atoms with Crippen molar-refractivity contribution in [1.29, 1.82) is 0 Å². The second kappa shape index (κ2) is 5.93. The van der Waals surface area contributed by atoms with Gasteiger partial charge in [0.1, 0.15) is 11.5 Å². The summed E-state index contributed by atoms with van der Waals surface area (Å²) in [6.07, 6.45) is 0.607. The molecule has 1 aromatic heterocycles. The van der Waals surface area contributed by atoms with Crippen molar-refractivity contribution in [3.8, 4) is 23.7 Å². The van der Waals surface area contributed by atoms with E-state index in [9.17, 15) is 18.0 Å². The number of hydrogen-bond acceptors (Lipinski definition) is 2. The predicted molar refractivity (Wildman–Crippen MR) is 74.9 cm³/mol. The fraction of sp³-hybridized carbons (Fsp3) is 0.200. The Kier molecular flexibility index (Phi) is 4.22. The molecule has 0 atom stereocenters. The summed E-state index contributed by atoms with van der Waals surface area (Å²) in [6.45, 7) is 1.65. The number of nitrogens with one attached hydrogen (secondary N) is 2. The van der Waals surface area contributed by atoms with Crippen LogP contribution in [0.3, 0.4) is 0 Å². The molecule has 0 saturated carbocycles. The molecule has 0 radical (unpaired) electrons. The molecule has 0 spiro atoms. The van der Waals surface area contributed by atoms with E-state index in [1.165, 1.54) is 12.1 Å². The van der Waals surface area contributed by atoms with Gasteiger partial charge in [-0.25, -0.2) is 4.98 Å². The van der Waals surface area contributed by atoms with Crippen molar-refractivity contribution in [3.63, 3.8) is 0 Å². The summed E-state index contributed by atoms with van der Waals surface area (Å²) in [5.74, 6) is 1.96. The molecule has 2 rings (SSSR count). The van der Waals surface area contributed by atoms with Crippen LogP contribution >= 0.6 is 0 Å². The lowest BCUT2D eigenvalue weighted by atomic mass is 10.1. The first-order valence-corrected chi connectivity index (χ1v) is 6.29. The van der Waals surface area contributed by atoms with Crippen molar-refractivity contribution in [2.24, 2.45) is 0 Å². The van der Waals surface area contributed by atoms with E-state index in [2.05, 4.69) is 21.2 Å². The molecule has 0 bridgehead atoms. The molecule has 1 heterocycles. The van der Waals surface area contributed by atoms with Gasteiger partial charge < -0.3 is 10.3 Å². The Bertz CT molecular complexity index is 741. The van der Waals surface area contributed by atoms with Crippen LogP contribution < -0.4 is 5.32 Å². The molecule has 22 heavy (non-hydrogen) atoms. The zero-order valence-electron chi connectivity index (χ0n) is 11.6. The Morgan fingerprint density at radius 3 is 2.82 bits per heavy atom. The lowest BCUT2D eigenvalue weighted by Gasteiger charge is -2.07. The molecule has 0 fully saturated rings. The minimum absolute atomic E-state index is 0.0457. The van der Waals surface area contributed by atoms with E-state index >= 15 is 0 Å². The van der Waals surface area contributed by atoms with Gasteiger partial charge in [-0.3, -0.25) is 4.79 Å². The van der Waals surface area contributed by atoms with Crippen molar-refractivity contribution >= 4 is 5.91 Å². The number of carbonyl (C=O) groups is 1. The Labute approximate surface area is 124 Å². The molecule has 1 aromatic carbocycles. The third-order valence-electron chi connectivity index (χ3n) is 2.91. The zero-order chi connectivity index (χ0) is 16.3. The normalized spacial score (nSPS) is 11.0. The summed E-state index contributed by atoms with van der Waals surface area (Å²) in [4.78, 5) is 18.7. The molecule has 2 N–H and O–H groups in total. The van der Waals surface area contributed by atoms with Gasteiger partial charge in [0.15, 0.2) is 0 Å². The topological polar surface area (TPSA) is 57.8 Å². The first kappa shape index (κ1) is 15.6. The predicted octanol–water partition coefficient (Wildman–Crippen LogP) is 2.77. The van der Waals surface area contributed by atoms with Crippen molar-refractivity contribution < 1.29 is 18.0 Å². The van der Waals surface area contributed by atoms with Gasteiger partial charge in [-0.2, -0.15) is 13.2 Å². The van der Waals surface area contributed by atoms with Gasteiger partial charge in [-0.1, -0.05) is 18.1 Å². The molecular formula is C15H12F3N3O. The van der Waals surface area contributed by atoms with Gasteiger partial charge in [0, 0.05) is 11.3 Å². The SMILES string of the molecule is C#CCNC(=O)c1nc(-c2cccc(C(F)(F)F)c2)[nH]c1C. The maximum absolute atomic E-state index is 12.7. The first-order chi connectivity index (χ1) is 10.3. The van der Waals surface area contributed by atoms with Crippen molar-refractivity contribution in [2.75, 3.05) is 6.54 Å². The second-order valence-electron chi connectivity index (χ2n) is 4.52. The minimum Gasteiger partial charge on any atom is -0.341 e. The summed E-state index contributed by atoms with van der Waals surface area (Å²) >= 11 is 0. The van der Waals surface area contributed by atoms with Gasteiger partial charge in [0.25, 0.3) is 5.91 Å². The van der Waals surface area contributed by atoms with Crippen LogP contribution in [0.4, 0.5) is 13.2 Å². The molecule has 114 valence electrons. The molecule has 0 aliphatic carbocycles. The van der Waals surface area contributed by atoms with Crippen LogP contribution in [0.5, 0.6) is 0 Å². The van der Waals surface area contributed by atoms with Crippen LogP contribution in [0, 0.1) is 19.3 Å². The van der Waals surface area contributed by atoms with Crippen molar-refractivity contribution in [1.82, 2.24) is 15.3 Å². The number of amides is 1. The summed E-state index contributed by atoms with van der Waals surface area (Å²) in [7, 11) is 0. The van der Waals surface area contributed by atoms with Gasteiger partial charge in [0.05, 0.1) is 12.1 Å². The standard InChI is InChI=1S/C15H12F3N3O/c1-3-7-19-14(22)12-9(2)20-13(21-12)10-5-4-6-11(8-10)15(16,17)18/h1,4-6,8H,7H2,2H3,(H,19,22)(H,20,21). The number of terminal acetylenes is 1. The van der Waals surface area contributed by atoms with Crippen LogP contribution in [0.15, 0.2) is 24.3 Å². The third kappa shape index (κ3) is 3.28. The van der Waals surface area contributed by atoms with E-state index < -0.39 is 17.6 Å². The highest BCUT2D eigenvalue weighted by atomic mass is 19.4. The number of alkyl halides is 3. The Morgan fingerprint density at radius 1 is 1.45 bits per heavy atom. The Balaban J connectivity index is 2.35. The van der Waals surface area contributed by atoms with E-state index in [0.29, 0.717) is 5.69 Å². The smallest absolute Gasteiger partial charge is 0.341 e. The second-order valence-corrected chi connectivity index (χ2v) is 4.52. The van der Waals surface area contributed by atoms with Crippen LogP contribution in [-0.4, -0.2) is 22.4 Å². The Morgan fingerprint density at radius 2 is 2.18 bits per heavy atom. The fourth-order valence-electron chi connectivity index (χ4n) is 1.88. The average Bonchev–Trinajstić information content (AvgIpc) is 2.86. The summed E-state index contributed by atoms with van der Waals surface area (Å²) in [5.41, 5.74) is 0.0101. The number of aromatic nitrogens is 2. The number of aryl methyl sites for hydroxylation is 1. The summed E-state index contributed by atoms with van der Waals surface area (Å²) < 4.78 is 38.2. The molecule has 0 aliphatic rings. The number of carbonyl (C=O) groups excluding carboxylic acids is 1. The van der Waals surface area contributed by atoms with Crippen LogP contribution in [0.2, 0.25) is 0 Å². The summed E-state index contributed by atoms with van der Waals surface area (Å²) in [5, 5.41) is 2.45. The van der Waals surface area contributed by atoms with Gasteiger partial charge >= 0.3 is 6.18 Å². The molecule has 0 unspecified atom stereocenters. The van der Waals surface area contributed by atoms with E-state index in [1.54, 1.807) is 6.92 Å². The van der Waals surface area contributed by atoms with Crippen LogP contribution in [0.25, 0.3) is 11.4 Å². The number of aromatic amines is 1. The highest BCUT2D eigenvalue weighted by molar-refractivity contribution is 5.94. The number of benzene rings is 1. The van der Waals surface area contributed by atoms with Crippen molar-refractivity contribution in [3.05, 3.63) is 41.2 Å². The number of H-pyrrole nitrogens is 1. The molecule has 1 amide bonds. The number of nitrogens with zero attached hydrogens (tertiary/aromatic N) is 1. The third-order valence-corrected chi connectivity index (χ3v) is 2.91. The number of rotatable bonds is 3. The molecule has 7 heteroatoms. The zero-order valence-corrected chi connectivity index (χ0v) is 11.6. The molecular weight excluding hydrogens is 295 g/mol. The number of hydrogen-bond donors (Lipinski definition) is 2. The van der Waals surface area contributed by atoms with E-state index in [4.69, 9.17) is 6.42 Å². The van der Waals surface area contributed by atoms with Crippen LogP contribution in [-0.2, 0) is 6.18 Å². The molecule has 0 aliphatic heterocycles. The molecule has 4 nitrogen and oxygen atoms in total. The fourth-order valence-corrected chi connectivity index (χ4v) is 1.88. The van der Waals surface area contributed by atoms with Gasteiger partial charge in [-0.15, -0.1) is 6.42 Å². The average molecular weight is 307 g/mol. The van der Waals surface area contributed by atoms with Crippen LogP contribution in [0.1, 0.15) is 21.7 Å².